The molecule has 34 heavy (non-hydrogen) atoms. The van der Waals surface area contributed by atoms with Crippen LogP contribution in [0.15, 0.2) is 60.7 Å². The number of ketones is 1. The van der Waals surface area contributed by atoms with Crippen molar-refractivity contribution in [2.24, 2.45) is 5.73 Å². The molecule has 0 bridgehead atoms. The SMILES string of the molecule is CS(=O)(=O)NC(=O)c1c(C2=CC=CCC2=O)c2cc(Cl)ccc2n1Cc1ccccc1C(N)=O. The van der Waals surface area contributed by atoms with Gasteiger partial charge in [-0.15, -0.1) is 0 Å². The number of nitrogens with zero attached hydrogens (tertiary/aromatic N) is 1. The van der Waals surface area contributed by atoms with E-state index in [2.05, 4.69) is 0 Å². The number of hydrogen-bond acceptors (Lipinski definition) is 5. The van der Waals surface area contributed by atoms with E-state index < -0.39 is 21.8 Å². The van der Waals surface area contributed by atoms with Gasteiger partial charge in [-0.2, -0.15) is 0 Å². The van der Waals surface area contributed by atoms with E-state index in [4.69, 9.17) is 17.3 Å². The van der Waals surface area contributed by atoms with Gasteiger partial charge >= 0.3 is 0 Å². The number of nitrogens with two attached hydrogens (primary N) is 1. The summed E-state index contributed by atoms with van der Waals surface area (Å²) in [5.74, 6) is -1.79. The monoisotopic (exact) mass is 497 g/mol. The van der Waals surface area contributed by atoms with Gasteiger partial charge in [-0.1, -0.05) is 48.0 Å². The lowest BCUT2D eigenvalue weighted by molar-refractivity contribution is -0.113. The highest BCUT2D eigenvalue weighted by molar-refractivity contribution is 7.89. The number of fused-ring (bicyclic) bond motifs is 1. The van der Waals surface area contributed by atoms with Crippen LogP contribution in [0.2, 0.25) is 5.02 Å². The third-order valence-electron chi connectivity index (χ3n) is 5.40. The van der Waals surface area contributed by atoms with Crippen LogP contribution >= 0.6 is 11.6 Å². The molecule has 0 unspecified atom stereocenters. The summed E-state index contributed by atoms with van der Waals surface area (Å²) in [5.41, 5.74) is 7.32. The zero-order valence-electron chi connectivity index (χ0n) is 18.0. The fraction of sp³-hybridized carbons (Fsp3) is 0.125. The molecule has 2 aromatic carbocycles. The van der Waals surface area contributed by atoms with Crippen molar-refractivity contribution in [1.82, 2.24) is 9.29 Å². The quantitative estimate of drug-likeness (QED) is 0.541. The van der Waals surface area contributed by atoms with Crippen molar-refractivity contribution in [3.63, 3.8) is 0 Å². The van der Waals surface area contributed by atoms with E-state index in [0.717, 1.165) is 6.26 Å². The van der Waals surface area contributed by atoms with Crippen LogP contribution in [0.4, 0.5) is 0 Å². The molecule has 0 saturated heterocycles. The second-order valence-corrected chi connectivity index (χ2v) is 10.0. The number of Topliss-reactive ketones (excluding diaryl/α,β-unsaturated/α-hetero) is 1. The van der Waals surface area contributed by atoms with E-state index in [1.54, 1.807) is 65.3 Å². The molecule has 4 rings (SSSR count). The first-order chi connectivity index (χ1) is 16.1. The summed E-state index contributed by atoms with van der Waals surface area (Å²) < 4.78 is 27.4. The number of rotatable bonds is 6. The van der Waals surface area contributed by atoms with E-state index in [1.165, 1.54) is 0 Å². The summed E-state index contributed by atoms with van der Waals surface area (Å²) in [6, 6.07) is 11.6. The van der Waals surface area contributed by atoms with Crippen molar-refractivity contribution in [2.45, 2.75) is 13.0 Å². The van der Waals surface area contributed by atoms with Crippen molar-refractivity contribution >= 4 is 55.7 Å². The largest absolute Gasteiger partial charge is 0.366 e. The number of hydrogen-bond donors (Lipinski definition) is 2. The summed E-state index contributed by atoms with van der Waals surface area (Å²) in [4.78, 5) is 38.1. The Hall–Kier alpha value is -3.69. The summed E-state index contributed by atoms with van der Waals surface area (Å²) in [6.07, 6.45) is 5.98. The van der Waals surface area contributed by atoms with Gasteiger partial charge in [-0.25, -0.2) is 13.1 Å². The maximum Gasteiger partial charge on any atom is 0.282 e. The predicted molar refractivity (Wildman–Crippen MR) is 130 cm³/mol. The zero-order chi connectivity index (χ0) is 24.6. The van der Waals surface area contributed by atoms with Crippen molar-refractivity contribution in [2.75, 3.05) is 6.26 Å². The first kappa shape index (κ1) is 23.5. The van der Waals surface area contributed by atoms with Gasteiger partial charge in [0.1, 0.15) is 5.69 Å². The molecule has 8 nitrogen and oxygen atoms in total. The lowest BCUT2D eigenvalue weighted by atomic mass is 9.93. The van der Waals surface area contributed by atoms with Gasteiger partial charge in [0.15, 0.2) is 5.78 Å². The highest BCUT2D eigenvalue weighted by Gasteiger charge is 2.30. The molecule has 2 amide bonds. The second kappa shape index (κ2) is 8.92. The Morgan fingerprint density at radius 2 is 1.91 bits per heavy atom. The maximum absolute atomic E-state index is 13.3. The fourth-order valence-corrected chi connectivity index (χ4v) is 4.66. The number of benzene rings is 2. The molecule has 10 heteroatoms. The minimum atomic E-state index is -3.92. The van der Waals surface area contributed by atoms with Crippen LogP contribution in [0.5, 0.6) is 0 Å². The summed E-state index contributed by atoms with van der Waals surface area (Å²) in [6.45, 7) is 0.0150. The van der Waals surface area contributed by atoms with Crippen LogP contribution < -0.4 is 10.5 Å². The average molecular weight is 498 g/mol. The van der Waals surface area contributed by atoms with Crippen molar-refractivity contribution in [3.8, 4) is 0 Å². The molecule has 174 valence electrons. The third-order valence-corrected chi connectivity index (χ3v) is 6.19. The van der Waals surface area contributed by atoms with E-state index in [-0.39, 0.29) is 41.1 Å². The molecular weight excluding hydrogens is 478 g/mol. The normalized spacial score (nSPS) is 13.7. The smallest absolute Gasteiger partial charge is 0.282 e. The van der Waals surface area contributed by atoms with E-state index in [1.807, 2.05) is 4.72 Å². The van der Waals surface area contributed by atoms with Crippen LogP contribution in [0.1, 0.15) is 38.4 Å². The van der Waals surface area contributed by atoms with Gasteiger partial charge in [0.2, 0.25) is 15.9 Å². The number of primary amides is 1. The Balaban J connectivity index is 2.07. The Kier molecular flexibility index (Phi) is 6.16. The number of nitrogens with one attached hydrogen (secondary N) is 1. The molecule has 0 fully saturated rings. The van der Waals surface area contributed by atoms with Gasteiger partial charge in [-0.05, 0) is 29.8 Å². The molecule has 0 atom stereocenters. The topological polar surface area (TPSA) is 128 Å². The average Bonchev–Trinajstić information content (AvgIpc) is 3.06. The first-order valence-corrected chi connectivity index (χ1v) is 12.5. The molecule has 1 aliphatic rings. The van der Waals surface area contributed by atoms with Crippen LogP contribution in [0, 0.1) is 0 Å². The molecule has 1 aromatic heterocycles. The molecule has 0 aliphatic heterocycles. The molecule has 1 heterocycles. The fourth-order valence-electron chi connectivity index (χ4n) is 4.05. The highest BCUT2D eigenvalue weighted by Crippen LogP contribution is 2.36. The predicted octanol–water partition coefficient (Wildman–Crippen LogP) is 3.04. The van der Waals surface area contributed by atoms with Gasteiger partial charge in [0, 0.05) is 45.6 Å². The number of allylic oxidation sites excluding steroid dienone is 4. The van der Waals surface area contributed by atoms with Gasteiger partial charge < -0.3 is 10.3 Å². The third kappa shape index (κ3) is 4.52. The van der Waals surface area contributed by atoms with E-state index in [9.17, 15) is 22.8 Å². The molecule has 3 aromatic rings. The summed E-state index contributed by atoms with van der Waals surface area (Å²) >= 11 is 6.26. The standard InChI is InChI=1S/C24H20ClN3O5S/c1-34(32,33)27-24(31)22-21(17-8-4-5-9-20(17)29)18-12-15(25)10-11-19(18)28(22)13-14-6-2-3-7-16(14)23(26)30/h2-8,10-12H,9,13H2,1H3,(H2,26,30)(H,27,31). The Morgan fingerprint density at radius 1 is 1.18 bits per heavy atom. The van der Waals surface area contributed by atoms with Crippen LogP contribution in [-0.4, -0.2) is 36.8 Å². The van der Waals surface area contributed by atoms with Gasteiger partial charge in [0.25, 0.3) is 5.91 Å². The molecule has 0 spiro atoms. The van der Waals surface area contributed by atoms with Crippen molar-refractivity contribution in [3.05, 3.63) is 88.1 Å². The second-order valence-electron chi connectivity index (χ2n) is 7.83. The molecule has 1 aliphatic carbocycles. The number of aromatic nitrogens is 1. The van der Waals surface area contributed by atoms with Crippen molar-refractivity contribution in [1.29, 1.82) is 0 Å². The van der Waals surface area contributed by atoms with Gasteiger partial charge in [-0.3, -0.25) is 14.4 Å². The van der Waals surface area contributed by atoms with E-state index >= 15 is 0 Å². The zero-order valence-corrected chi connectivity index (χ0v) is 19.6. The Morgan fingerprint density at radius 3 is 2.59 bits per heavy atom. The highest BCUT2D eigenvalue weighted by atomic mass is 35.5. The van der Waals surface area contributed by atoms with Gasteiger partial charge in [0.05, 0.1) is 6.26 Å². The van der Waals surface area contributed by atoms with Crippen LogP contribution in [0.25, 0.3) is 16.5 Å². The molecule has 0 radical (unpaired) electrons. The number of sulfonamides is 1. The van der Waals surface area contributed by atoms with Crippen molar-refractivity contribution < 1.29 is 22.8 Å². The summed E-state index contributed by atoms with van der Waals surface area (Å²) in [7, 11) is -3.92. The first-order valence-electron chi connectivity index (χ1n) is 10.2. The lowest BCUT2D eigenvalue weighted by Gasteiger charge is -2.15. The number of carbonyl (C=O) groups excluding carboxylic acids is 3. The Labute approximate surface area is 200 Å². The van der Waals surface area contributed by atoms with Crippen LogP contribution in [0.3, 0.4) is 0 Å². The Bertz CT molecular complexity index is 1530. The van der Waals surface area contributed by atoms with Crippen LogP contribution in [-0.2, 0) is 21.4 Å². The number of amides is 2. The maximum atomic E-state index is 13.3. The molecular formula is C24H20ClN3O5S. The lowest BCUT2D eigenvalue weighted by Crippen LogP contribution is -2.32. The summed E-state index contributed by atoms with van der Waals surface area (Å²) in [5, 5.41) is 0.871. The molecule has 3 N–H and O–H groups in total. The minimum absolute atomic E-state index is 0.0150. The minimum Gasteiger partial charge on any atom is -0.366 e. The van der Waals surface area contributed by atoms with E-state index in [0.29, 0.717) is 21.5 Å². The molecule has 0 saturated carbocycles. The number of halogens is 1. The number of carbonyl (C=O) groups is 3.